The van der Waals surface area contributed by atoms with Gasteiger partial charge < -0.3 is 4.43 Å². The molecule has 0 amide bonds. The van der Waals surface area contributed by atoms with E-state index in [9.17, 15) is 0 Å². The highest BCUT2D eigenvalue weighted by Gasteiger charge is 2.14. The topological polar surface area (TPSA) is 9.23 Å². The lowest BCUT2D eigenvalue weighted by Crippen LogP contribution is -2.15. The van der Waals surface area contributed by atoms with E-state index in [0.717, 1.165) is 18.0 Å². The van der Waals surface area contributed by atoms with Crippen molar-refractivity contribution < 1.29 is 4.43 Å². The molecular formula is C22H23OPSi. The van der Waals surface area contributed by atoms with Gasteiger partial charge in [-0.25, -0.2) is 0 Å². The molecule has 3 heteroatoms. The lowest BCUT2D eigenvalue weighted by Gasteiger charge is -2.18. The molecule has 0 saturated heterocycles. The summed E-state index contributed by atoms with van der Waals surface area (Å²) < 4.78 is 6.08. The van der Waals surface area contributed by atoms with Gasteiger partial charge in [0, 0.05) is 0 Å². The van der Waals surface area contributed by atoms with E-state index in [-0.39, 0.29) is 7.92 Å². The molecule has 0 heterocycles. The van der Waals surface area contributed by atoms with Crippen LogP contribution in [-0.4, -0.2) is 15.9 Å². The van der Waals surface area contributed by atoms with Crippen LogP contribution in [0.15, 0.2) is 78.9 Å². The molecule has 25 heavy (non-hydrogen) atoms. The van der Waals surface area contributed by atoms with Crippen molar-refractivity contribution in [1.29, 1.82) is 0 Å². The molecule has 0 unspecified atom stereocenters. The number of benzene rings is 3. The third kappa shape index (κ3) is 4.81. The normalized spacial score (nSPS) is 10.8. The molecule has 0 fully saturated rings. The predicted molar refractivity (Wildman–Crippen MR) is 111 cm³/mol. The second-order valence-electron chi connectivity index (χ2n) is 6.02. The third-order valence-electron chi connectivity index (χ3n) is 4.31. The van der Waals surface area contributed by atoms with Gasteiger partial charge in [0.15, 0.2) is 0 Å². The van der Waals surface area contributed by atoms with Crippen LogP contribution in [0.4, 0.5) is 0 Å². The Morgan fingerprint density at radius 3 is 1.96 bits per heavy atom. The fraction of sp³-hybridized carbons (Fsp3) is 0.182. The average Bonchev–Trinajstić information content (AvgIpc) is 2.66. The van der Waals surface area contributed by atoms with Crippen molar-refractivity contribution in [3.8, 4) is 5.75 Å². The minimum atomic E-state index is -0.318. The van der Waals surface area contributed by atoms with Gasteiger partial charge in [0.1, 0.15) is 5.75 Å². The molecule has 2 radical (unpaired) electrons. The van der Waals surface area contributed by atoms with Crippen LogP contribution in [0.25, 0.3) is 0 Å². The number of hydrogen-bond acceptors (Lipinski definition) is 1. The zero-order valence-corrected chi connectivity index (χ0v) is 16.7. The van der Waals surface area contributed by atoms with Gasteiger partial charge in [-0.1, -0.05) is 72.8 Å². The minimum absolute atomic E-state index is 0.318. The summed E-state index contributed by atoms with van der Waals surface area (Å²) in [6.45, 7) is 4.27. The largest absolute Gasteiger partial charge is 0.541 e. The minimum Gasteiger partial charge on any atom is -0.541 e. The summed E-state index contributed by atoms with van der Waals surface area (Å²) in [7, 11) is 0.183. The predicted octanol–water partition coefficient (Wildman–Crippen LogP) is 4.85. The molecule has 0 aromatic heterocycles. The Hall–Kier alpha value is -1.89. The first-order valence-electron chi connectivity index (χ1n) is 8.59. The molecule has 126 valence electrons. The second kappa shape index (κ2) is 8.99. The molecule has 0 bridgehead atoms. The Balaban J connectivity index is 1.64. The standard InChI is InChI=1S/C22H23OPSi/c1-18-10-9-15-22(19(18)2)23-25-17-16-24(20-11-5-3-6-12-20)21-13-7-4-8-14-21/h3-15H,16-17H2,1-2H3. The van der Waals surface area contributed by atoms with Crippen molar-refractivity contribution in [1.82, 2.24) is 0 Å². The summed E-state index contributed by atoms with van der Waals surface area (Å²) in [5, 5.41) is 2.89. The van der Waals surface area contributed by atoms with E-state index in [0.29, 0.717) is 9.76 Å². The molecule has 3 rings (SSSR count). The fourth-order valence-electron chi connectivity index (χ4n) is 2.74. The SMILES string of the molecule is Cc1cccc(O[Si]CCP(c2ccccc2)c2ccccc2)c1C. The summed E-state index contributed by atoms with van der Waals surface area (Å²) in [6.07, 6.45) is 1.16. The molecule has 3 aromatic carbocycles. The van der Waals surface area contributed by atoms with E-state index in [1.807, 2.05) is 0 Å². The smallest absolute Gasteiger partial charge is 0.311 e. The summed E-state index contributed by atoms with van der Waals surface area (Å²) in [5.41, 5.74) is 2.54. The molecule has 3 aromatic rings. The maximum absolute atomic E-state index is 6.08. The van der Waals surface area contributed by atoms with E-state index in [4.69, 9.17) is 4.43 Å². The van der Waals surface area contributed by atoms with Crippen molar-refractivity contribution in [2.75, 3.05) is 6.16 Å². The number of rotatable bonds is 7. The van der Waals surface area contributed by atoms with E-state index in [1.54, 1.807) is 0 Å². The Bertz CT molecular complexity index is 750. The molecule has 0 spiro atoms. The fourth-order valence-corrected chi connectivity index (χ4v) is 6.36. The molecule has 0 N–H and O–H groups in total. The van der Waals surface area contributed by atoms with Gasteiger partial charge in [-0.2, -0.15) is 0 Å². The van der Waals surface area contributed by atoms with Gasteiger partial charge in [-0.15, -0.1) is 0 Å². The first-order chi connectivity index (χ1) is 12.3. The van der Waals surface area contributed by atoms with Gasteiger partial charge >= 0.3 is 9.76 Å². The second-order valence-corrected chi connectivity index (χ2v) is 9.35. The molecule has 0 aliphatic heterocycles. The average molecular weight is 362 g/mol. The first-order valence-corrected chi connectivity index (χ1v) is 11.2. The van der Waals surface area contributed by atoms with Crippen LogP contribution >= 0.6 is 7.92 Å². The van der Waals surface area contributed by atoms with Crippen molar-refractivity contribution >= 4 is 28.3 Å². The van der Waals surface area contributed by atoms with Crippen LogP contribution < -0.4 is 15.0 Å². The molecular weight excluding hydrogens is 339 g/mol. The lowest BCUT2D eigenvalue weighted by molar-refractivity contribution is 0.588. The highest BCUT2D eigenvalue weighted by atomic mass is 31.1. The molecule has 1 nitrogen and oxygen atoms in total. The van der Waals surface area contributed by atoms with E-state index < -0.39 is 0 Å². The van der Waals surface area contributed by atoms with Crippen LogP contribution in [0, 0.1) is 13.8 Å². The summed E-state index contributed by atoms with van der Waals surface area (Å²) in [4.78, 5) is 0. The maximum Gasteiger partial charge on any atom is 0.311 e. The van der Waals surface area contributed by atoms with Crippen LogP contribution in [-0.2, 0) is 0 Å². The highest BCUT2D eigenvalue weighted by molar-refractivity contribution is 7.73. The van der Waals surface area contributed by atoms with E-state index >= 15 is 0 Å². The molecule has 0 aliphatic carbocycles. The summed E-state index contributed by atoms with van der Waals surface area (Å²) in [6, 6.07) is 29.1. The van der Waals surface area contributed by atoms with Gasteiger partial charge in [0.2, 0.25) is 0 Å². The van der Waals surface area contributed by atoms with Crippen molar-refractivity contribution in [3.63, 3.8) is 0 Å². The van der Waals surface area contributed by atoms with Crippen molar-refractivity contribution in [2.45, 2.75) is 19.9 Å². The number of hydrogen-bond donors (Lipinski definition) is 0. The lowest BCUT2D eigenvalue weighted by atomic mass is 10.1. The monoisotopic (exact) mass is 362 g/mol. The van der Waals surface area contributed by atoms with Crippen LogP contribution in [0.1, 0.15) is 11.1 Å². The van der Waals surface area contributed by atoms with E-state index in [2.05, 4.69) is 92.7 Å². The molecule has 0 saturated carbocycles. The molecule has 0 atom stereocenters. The zero-order chi connectivity index (χ0) is 17.5. The third-order valence-corrected chi connectivity index (χ3v) is 8.06. The first kappa shape index (κ1) is 17.9. The summed E-state index contributed by atoms with van der Waals surface area (Å²) in [5.74, 6) is 1.03. The van der Waals surface area contributed by atoms with E-state index in [1.165, 1.54) is 21.7 Å². The van der Waals surface area contributed by atoms with Crippen LogP contribution in [0.2, 0.25) is 6.04 Å². The van der Waals surface area contributed by atoms with Gasteiger partial charge in [0.25, 0.3) is 0 Å². The Morgan fingerprint density at radius 1 is 0.760 bits per heavy atom. The van der Waals surface area contributed by atoms with Crippen molar-refractivity contribution in [2.24, 2.45) is 0 Å². The van der Waals surface area contributed by atoms with Gasteiger partial charge in [-0.05, 0) is 61.8 Å². The molecule has 0 aliphatic rings. The highest BCUT2D eigenvalue weighted by Crippen LogP contribution is 2.34. The Morgan fingerprint density at radius 2 is 1.36 bits per heavy atom. The zero-order valence-electron chi connectivity index (χ0n) is 14.8. The van der Waals surface area contributed by atoms with Crippen molar-refractivity contribution in [3.05, 3.63) is 90.0 Å². The Labute approximate surface area is 154 Å². The quantitative estimate of drug-likeness (QED) is 0.332. The summed E-state index contributed by atoms with van der Waals surface area (Å²) >= 11 is 0. The van der Waals surface area contributed by atoms with Crippen LogP contribution in [0.5, 0.6) is 5.75 Å². The number of aryl methyl sites for hydroxylation is 1. The van der Waals surface area contributed by atoms with Crippen LogP contribution in [0.3, 0.4) is 0 Å². The maximum atomic E-state index is 6.08. The van der Waals surface area contributed by atoms with Gasteiger partial charge in [0.05, 0.1) is 0 Å². The Kier molecular flexibility index (Phi) is 6.44. The van der Waals surface area contributed by atoms with Gasteiger partial charge in [-0.3, -0.25) is 0 Å².